The molecule has 2 unspecified atom stereocenters. The van der Waals surface area contributed by atoms with Crippen LogP contribution in [0.5, 0.6) is 0 Å². The highest BCUT2D eigenvalue weighted by Gasteiger charge is 2.39. The monoisotopic (exact) mass is 434 g/mol. The van der Waals surface area contributed by atoms with Crippen molar-refractivity contribution in [3.63, 3.8) is 0 Å². The molecular formula is C21H20ClFN2O3S. The van der Waals surface area contributed by atoms with Crippen molar-refractivity contribution < 1.29 is 18.7 Å². The molecule has 4 rings (SSSR count). The minimum Gasteiger partial charge on any atom is -0.370 e. The first-order valence-electron chi connectivity index (χ1n) is 9.33. The van der Waals surface area contributed by atoms with E-state index in [9.17, 15) is 14.0 Å². The second-order valence-electron chi connectivity index (χ2n) is 6.96. The van der Waals surface area contributed by atoms with E-state index in [-0.39, 0.29) is 24.2 Å². The first-order chi connectivity index (χ1) is 14.0. The highest BCUT2D eigenvalue weighted by molar-refractivity contribution is 7.99. The Morgan fingerprint density at radius 2 is 1.90 bits per heavy atom. The lowest BCUT2D eigenvalue weighted by molar-refractivity contribution is -0.142. The van der Waals surface area contributed by atoms with Gasteiger partial charge in [0, 0.05) is 28.4 Å². The van der Waals surface area contributed by atoms with Crippen LogP contribution in [0.3, 0.4) is 0 Å². The minimum absolute atomic E-state index is 0.123. The van der Waals surface area contributed by atoms with Crippen molar-refractivity contribution in [2.45, 2.75) is 12.1 Å². The van der Waals surface area contributed by atoms with Crippen molar-refractivity contribution in [1.29, 1.82) is 0 Å². The van der Waals surface area contributed by atoms with E-state index < -0.39 is 12.1 Å². The summed E-state index contributed by atoms with van der Waals surface area (Å²) in [5.74, 6) is 0.340. The first kappa shape index (κ1) is 20.2. The third-order valence-corrected chi connectivity index (χ3v) is 6.41. The Bertz CT molecular complexity index is 911. The predicted molar refractivity (Wildman–Crippen MR) is 110 cm³/mol. The highest BCUT2D eigenvalue weighted by atomic mass is 35.5. The van der Waals surface area contributed by atoms with E-state index in [0.717, 1.165) is 0 Å². The molecule has 5 nitrogen and oxygen atoms in total. The summed E-state index contributed by atoms with van der Waals surface area (Å²) in [7, 11) is 0. The van der Waals surface area contributed by atoms with Crippen LogP contribution < -0.4 is 0 Å². The summed E-state index contributed by atoms with van der Waals surface area (Å²) in [6, 6.07) is 12.6. The molecule has 2 saturated heterocycles. The molecule has 0 saturated carbocycles. The number of rotatable bonds is 3. The van der Waals surface area contributed by atoms with Crippen molar-refractivity contribution >= 4 is 35.2 Å². The molecular weight excluding hydrogens is 415 g/mol. The summed E-state index contributed by atoms with van der Waals surface area (Å²) in [5.41, 5.74) is 0.945. The number of hydrogen-bond donors (Lipinski definition) is 0. The number of thioether (sulfide) groups is 1. The van der Waals surface area contributed by atoms with Crippen LogP contribution in [0, 0.1) is 5.82 Å². The van der Waals surface area contributed by atoms with Crippen LogP contribution in [0.25, 0.3) is 0 Å². The second kappa shape index (κ2) is 8.73. The number of benzene rings is 2. The van der Waals surface area contributed by atoms with Crippen LogP contribution in [0.1, 0.15) is 22.0 Å². The quantitative estimate of drug-likeness (QED) is 0.740. The second-order valence-corrected chi connectivity index (χ2v) is 8.40. The highest BCUT2D eigenvalue weighted by Crippen LogP contribution is 2.29. The van der Waals surface area contributed by atoms with Gasteiger partial charge in [-0.3, -0.25) is 9.59 Å². The summed E-state index contributed by atoms with van der Waals surface area (Å²) < 4.78 is 19.8. The summed E-state index contributed by atoms with van der Waals surface area (Å²) >= 11 is 7.45. The van der Waals surface area contributed by atoms with Crippen LogP contribution in [-0.4, -0.2) is 59.0 Å². The maximum atomic E-state index is 14.1. The summed E-state index contributed by atoms with van der Waals surface area (Å²) in [5, 5.41) is 0.553. The van der Waals surface area contributed by atoms with Gasteiger partial charge in [0.05, 0.1) is 19.0 Å². The Morgan fingerprint density at radius 1 is 1.14 bits per heavy atom. The van der Waals surface area contributed by atoms with Gasteiger partial charge in [-0.05, 0) is 30.3 Å². The number of carbonyl (C=O) groups excluding carboxylic acids is 2. The average molecular weight is 435 g/mol. The van der Waals surface area contributed by atoms with Gasteiger partial charge in [-0.25, -0.2) is 4.39 Å². The van der Waals surface area contributed by atoms with Gasteiger partial charge in [-0.1, -0.05) is 29.8 Å². The number of morpholine rings is 1. The fourth-order valence-corrected chi connectivity index (χ4v) is 4.86. The van der Waals surface area contributed by atoms with Crippen LogP contribution >= 0.6 is 23.4 Å². The van der Waals surface area contributed by atoms with Gasteiger partial charge < -0.3 is 14.5 Å². The largest absolute Gasteiger partial charge is 0.370 e. The first-order valence-corrected chi connectivity index (χ1v) is 10.9. The third-order valence-electron chi connectivity index (χ3n) is 5.15. The Balaban J connectivity index is 1.48. The predicted octanol–water partition coefficient (Wildman–Crippen LogP) is 3.59. The van der Waals surface area contributed by atoms with Crippen molar-refractivity contribution in [3.05, 3.63) is 70.5 Å². The molecule has 2 atom stereocenters. The van der Waals surface area contributed by atoms with E-state index in [1.165, 1.54) is 6.07 Å². The van der Waals surface area contributed by atoms with Crippen molar-refractivity contribution in [1.82, 2.24) is 9.80 Å². The fraction of sp³-hybridized carbons (Fsp3) is 0.333. The lowest BCUT2D eigenvalue weighted by Gasteiger charge is -2.36. The Hall–Kier alpha value is -2.09. The molecule has 8 heteroatoms. The molecule has 0 radical (unpaired) electrons. The molecule has 29 heavy (non-hydrogen) atoms. The van der Waals surface area contributed by atoms with Crippen molar-refractivity contribution in [2.75, 3.05) is 31.3 Å². The average Bonchev–Trinajstić information content (AvgIpc) is 3.23. The van der Waals surface area contributed by atoms with Gasteiger partial charge in [0.1, 0.15) is 18.0 Å². The number of nitrogens with zero attached hydrogens (tertiary/aromatic N) is 2. The number of hydrogen-bond acceptors (Lipinski definition) is 4. The van der Waals surface area contributed by atoms with Gasteiger partial charge >= 0.3 is 0 Å². The SMILES string of the molecule is O=C(C1CSCN1C(=O)c1ccc(Cl)cc1)N1CCOC(c2ccccc2F)C1. The number of amides is 2. The molecule has 0 aromatic heterocycles. The van der Waals surface area contributed by atoms with Crippen LogP contribution in [0.15, 0.2) is 48.5 Å². The summed E-state index contributed by atoms with van der Waals surface area (Å²) in [4.78, 5) is 29.4. The molecule has 2 aromatic rings. The van der Waals surface area contributed by atoms with E-state index in [1.807, 2.05) is 0 Å². The molecule has 0 aliphatic carbocycles. The maximum absolute atomic E-state index is 14.1. The van der Waals surface area contributed by atoms with Gasteiger partial charge in [0.15, 0.2) is 0 Å². The maximum Gasteiger partial charge on any atom is 0.255 e. The molecule has 0 bridgehead atoms. The molecule has 0 N–H and O–H groups in total. The van der Waals surface area contributed by atoms with E-state index in [2.05, 4.69) is 0 Å². The summed E-state index contributed by atoms with van der Waals surface area (Å²) in [6.45, 7) is 1.02. The molecule has 2 heterocycles. The number of carbonyl (C=O) groups is 2. The van der Waals surface area contributed by atoms with Crippen molar-refractivity contribution in [3.8, 4) is 0 Å². The molecule has 2 amide bonds. The smallest absolute Gasteiger partial charge is 0.255 e. The lowest BCUT2D eigenvalue weighted by Crippen LogP contribution is -2.52. The minimum atomic E-state index is -0.539. The van der Waals surface area contributed by atoms with E-state index in [1.54, 1.807) is 64.0 Å². The van der Waals surface area contributed by atoms with Crippen LogP contribution in [0.2, 0.25) is 5.02 Å². The fourth-order valence-electron chi connectivity index (χ4n) is 3.59. The van der Waals surface area contributed by atoms with Crippen LogP contribution in [0.4, 0.5) is 4.39 Å². The number of halogens is 2. The van der Waals surface area contributed by atoms with E-state index in [0.29, 0.717) is 40.9 Å². The lowest BCUT2D eigenvalue weighted by atomic mass is 10.1. The van der Waals surface area contributed by atoms with E-state index >= 15 is 0 Å². The topological polar surface area (TPSA) is 49.9 Å². The Labute approximate surface area is 177 Å². The van der Waals surface area contributed by atoms with Gasteiger partial charge in [-0.2, -0.15) is 0 Å². The third kappa shape index (κ3) is 4.27. The van der Waals surface area contributed by atoms with Gasteiger partial charge in [0.2, 0.25) is 5.91 Å². The standard InChI is InChI=1S/C21H20ClFN2O3S/c22-15-7-5-14(6-8-15)20(26)25-13-29-12-18(25)21(27)24-9-10-28-19(11-24)16-3-1-2-4-17(16)23/h1-8,18-19H,9-13H2. The van der Waals surface area contributed by atoms with Crippen LogP contribution in [-0.2, 0) is 9.53 Å². The number of ether oxygens (including phenoxy) is 1. The normalized spacial score (nSPS) is 22.0. The molecule has 152 valence electrons. The zero-order valence-corrected chi connectivity index (χ0v) is 17.2. The van der Waals surface area contributed by atoms with Gasteiger partial charge in [-0.15, -0.1) is 11.8 Å². The van der Waals surface area contributed by atoms with E-state index in [4.69, 9.17) is 16.3 Å². The van der Waals surface area contributed by atoms with Gasteiger partial charge in [0.25, 0.3) is 5.91 Å². The van der Waals surface area contributed by atoms with Crippen molar-refractivity contribution in [2.24, 2.45) is 0 Å². The molecule has 2 aromatic carbocycles. The summed E-state index contributed by atoms with van der Waals surface area (Å²) in [6.07, 6.45) is -0.511. The molecule has 2 aliphatic rings. The Kier molecular flexibility index (Phi) is 6.08. The zero-order chi connectivity index (χ0) is 20.4. The molecule has 2 fully saturated rings. The zero-order valence-electron chi connectivity index (χ0n) is 15.6. The molecule has 2 aliphatic heterocycles. The molecule has 0 spiro atoms. The Morgan fingerprint density at radius 3 is 2.66 bits per heavy atom.